The maximum absolute atomic E-state index is 13.6. The molecule has 8 heteroatoms. The van der Waals surface area contributed by atoms with E-state index in [1.807, 2.05) is 0 Å². The molecule has 1 aromatic rings. The van der Waals surface area contributed by atoms with E-state index < -0.39 is 37.7 Å². The molecule has 0 unspecified atom stereocenters. The van der Waals surface area contributed by atoms with Gasteiger partial charge in [-0.1, -0.05) is 0 Å². The molecule has 1 aliphatic rings. The van der Waals surface area contributed by atoms with Crippen LogP contribution in [0.15, 0.2) is 12.1 Å². The van der Waals surface area contributed by atoms with E-state index in [0.717, 1.165) is 6.07 Å². The zero-order chi connectivity index (χ0) is 15.6. The molecule has 1 aliphatic carbocycles. The van der Waals surface area contributed by atoms with Crippen LogP contribution in [-0.4, -0.2) is 31.2 Å². The lowest BCUT2D eigenvalue weighted by atomic mass is 10.1. The summed E-state index contributed by atoms with van der Waals surface area (Å²) in [5.74, 6) is -1.18. The predicted octanol–water partition coefficient (Wildman–Crippen LogP) is 1.64. The van der Waals surface area contributed by atoms with Crippen molar-refractivity contribution in [3.8, 4) is 0 Å². The molecule has 0 amide bonds. The van der Waals surface area contributed by atoms with Gasteiger partial charge in [-0.25, -0.2) is 21.9 Å². The van der Waals surface area contributed by atoms with Gasteiger partial charge in [0.25, 0.3) is 0 Å². The summed E-state index contributed by atoms with van der Waals surface area (Å²) in [4.78, 5) is 0. The van der Waals surface area contributed by atoms with Gasteiger partial charge >= 0.3 is 0 Å². The van der Waals surface area contributed by atoms with Crippen LogP contribution in [0.4, 0.5) is 8.78 Å². The van der Waals surface area contributed by atoms with Crippen LogP contribution in [-0.2, 0) is 27.2 Å². The summed E-state index contributed by atoms with van der Waals surface area (Å²) in [7, 11) is -3.33. The third kappa shape index (κ3) is 3.87. The summed E-state index contributed by atoms with van der Waals surface area (Å²) in [5, 5.41) is -0.414. The Morgan fingerprint density at radius 1 is 1.38 bits per heavy atom. The monoisotopic (exact) mass is 337 g/mol. The molecule has 0 saturated carbocycles. The van der Waals surface area contributed by atoms with Crippen LogP contribution in [0.25, 0.3) is 0 Å². The number of sulfonamides is 1. The lowest BCUT2D eigenvalue weighted by molar-refractivity contribution is 0.574. The van der Waals surface area contributed by atoms with E-state index in [9.17, 15) is 21.4 Å². The first-order chi connectivity index (χ1) is 9.84. The lowest BCUT2D eigenvalue weighted by Gasteiger charge is -2.12. The molecule has 0 bridgehead atoms. The Balaban J connectivity index is 2.04. The number of benzene rings is 1. The minimum Gasteiger partial charge on any atom is -0.259 e. The number of hydrogen-bond donors (Lipinski definition) is 1. The molecule has 0 spiro atoms. The van der Waals surface area contributed by atoms with Crippen molar-refractivity contribution in [2.45, 2.75) is 24.5 Å². The fourth-order valence-electron chi connectivity index (χ4n) is 2.51. The Hall–Kier alpha value is -0.860. The molecule has 0 heterocycles. The molecule has 4 nitrogen and oxygen atoms in total. The fraction of sp³-hybridized carbons (Fsp3) is 0.538. The van der Waals surface area contributed by atoms with Crippen LogP contribution in [0.2, 0.25) is 0 Å². The van der Waals surface area contributed by atoms with Crippen molar-refractivity contribution in [3.63, 3.8) is 0 Å². The third-order valence-electron chi connectivity index (χ3n) is 3.59. The second-order valence-electron chi connectivity index (χ2n) is 4.94. The SMILES string of the molecule is CNS(=O)(=O)CCC[S@@](=O)[C@H]1CCc2c(F)cc(F)cc21. The van der Waals surface area contributed by atoms with Gasteiger partial charge < -0.3 is 0 Å². The molecule has 0 radical (unpaired) electrons. The Morgan fingerprint density at radius 3 is 2.76 bits per heavy atom. The smallest absolute Gasteiger partial charge is 0.211 e. The highest BCUT2D eigenvalue weighted by Crippen LogP contribution is 2.37. The van der Waals surface area contributed by atoms with Crippen LogP contribution in [0.5, 0.6) is 0 Å². The minimum atomic E-state index is -3.32. The van der Waals surface area contributed by atoms with E-state index in [1.54, 1.807) is 0 Å². The topological polar surface area (TPSA) is 63.2 Å². The second kappa shape index (κ2) is 6.50. The third-order valence-corrected chi connectivity index (χ3v) is 6.85. The highest BCUT2D eigenvalue weighted by molar-refractivity contribution is 7.89. The van der Waals surface area contributed by atoms with Crippen LogP contribution in [0, 0.1) is 11.6 Å². The van der Waals surface area contributed by atoms with Crippen molar-refractivity contribution >= 4 is 20.8 Å². The quantitative estimate of drug-likeness (QED) is 0.858. The Kier molecular flexibility index (Phi) is 5.11. The molecule has 0 saturated heterocycles. The zero-order valence-corrected chi connectivity index (χ0v) is 13.2. The molecule has 0 aromatic heterocycles. The van der Waals surface area contributed by atoms with Gasteiger partial charge in [-0.3, -0.25) is 4.21 Å². The summed E-state index contributed by atoms with van der Waals surface area (Å²) in [5.41, 5.74) is 0.889. The molecule has 1 aromatic carbocycles. The van der Waals surface area contributed by atoms with Gasteiger partial charge in [-0.15, -0.1) is 0 Å². The number of hydrogen-bond acceptors (Lipinski definition) is 3. The maximum atomic E-state index is 13.6. The largest absolute Gasteiger partial charge is 0.259 e. The van der Waals surface area contributed by atoms with Gasteiger partial charge in [0, 0.05) is 22.6 Å². The highest BCUT2D eigenvalue weighted by atomic mass is 32.2. The summed E-state index contributed by atoms with van der Waals surface area (Å²) < 4.78 is 63.9. The molecule has 0 fully saturated rings. The Morgan fingerprint density at radius 2 is 2.10 bits per heavy atom. The number of nitrogens with one attached hydrogen (secondary N) is 1. The Bertz CT molecular complexity index is 662. The summed E-state index contributed by atoms with van der Waals surface area (Å²) in [6, 6.07) is 2.07. The normalized spacial score (nSPS) is 19.5. The summed E-state index contributed by atoms with van der Waals surface area (Å²) >= 11 is 0. The predicted molar refractivity (Wildman–Crippen MR) is 77.9 cm³/mol. The minimum absolute atomic E-state index is 0.105. The summed E-state index contributed by atoms with van der Waals surface area (Å²) in [6.45, 7) is 0. The van der Waals surface area contributed by atoms with E-state index in [-0.39, 0.29) is 17.9 Å². The van der Waals surface area contributed by atoms with Gasteiger partial charge in [-0.05, 0) is 43.5 Å². The van der Waals surface area contributed by atoms with Crippen molar-refractivity contribution in [3.05, 3.63) is 34.9 Å². The van der Waals surface area contributed by atoms with Crippen LogP contribution in [0.3, 0.4) is 0 Å². The average Bonchev–Trinajstić information content (AvgIpc) is 2.82. The maximum Gasteiger partial charge on any atom is 0.211 e. The molecular formula is C13H17F2NO3S2. The van der Waals surface area contributed by atoms with Crippen LogP contribution < -0.4 is 4.72 Å². The van der Waals surface area contributed by atoms with Crippen molar-refractivity contribution in [1.82, 2.24) is 4.72 Å². The van der Waals surface area contributed by atoms with E-state index in [1.165, 1.54) is 13.1 Å². The Labute approximate surface area is 125 Å². The average molecular weight is 337 g/mol. The molecule has 1 N–H and O–H groups in total. The van der Waals surface area contributed by atoms with Crippen molar-refractivity contribution in [2.75, 3.05) is 18.6 Å². The van der Waals surface area contributed by atoms with Crippen molar-refractivity contribution < 1.29 is 21.4 Å². The molecule has 118 valence electrons. The van der Waals surface area contributed by atoms with E-state index in [0.29, 0.717) is 24.0 Å². The van der Waals surface area contributed by atoms with Gasteiger partial charge in [0.15, 0.2) is 0 Å². The van der Waals surface area contributed by atoms with E-state index >= 15 is 0 Å². The molecular weight excluding hydrogens is 320 g/mol. The second-order valence-corrected chi connectivity index (χ2v) is 8.73. The van der Waals surface area contributed by atoms with Crippen LogP contribution in [0.1, 0.15) is 29.2 Å². The highest BCUT2D eigenvalue weighted by Gasteiger charge is 2.30. The van der Waals surface area contributed by atoms with Crippen LogP contribution >= 0.6 is 0 Å². The molecule has 2 rings (SSSR count). The first kappa shape index (κ1) is 16.5. The van der Waals surface area contributed by atoms with Gasteiger partial charge in [0.05, 0.1) is 11.0 Å². The molecule has 2 atom stereocenters. The van der Waals surface area contributed by atoms with Gasteiger partial charge in [0.1, 0.15) is 11.6 Å². The number of fused-ring (bicyclic) bond motifs is 1. The first-order valence-corrected chi connectivity index (χ1v) is 9.63. The fourth-order valence-corrected chi connectivity index (χ4v) is 5.01. The molecule has 0 aliphatic heterocycles. The zero-order valence-electron chi connectivity index (χ0n) is 11.6. The first-order valence-electron chi connectivity index (χ1n) is 6.60. The van der Waals surface area contributed by atoms with Gasteiger partial charge in [-0.2, -0.15) is 0 Å². The van der Waals surface area contributed by atoms with E-state index in [4.69, 9.17) is 0 Å². The van der Waals surface area contributed by atoms with Crippen molar-refractivity contribution in [2.24, 2.45) is 0 Å². The van der Waals surface area contributed by atoms with Crippen molar-refractivity contribution in [1.29, 1.82) is 0 Å². The lowest BCUT2D eigenvalue weighted by Crippen LogP contribution is -2.23. The van der Waals surface area contributed by atoms with E-state index in [2.05, 4.69) is 4.72 Å². The standard InChI is InChI=1S/C13H17F2NO3S2/c1-16-21(18,19)6-2-5-20(17)13-4-3-10-11(13)7-9(14)8-12(10)15/h7-8,13,16H,2-6H2,1H3/t13-,20+/m0/s1. The number of rotatable bonds is 6. The summed E-state index contributed by atoms with van der Waals surface area (Å²) in [6.07, 6.45) is 1.19. The molecule has 21 heavy (non-hydrogen) atoms. The number of halogens is 2. The van der Waals surface area contributed by atoms with Gasteiger partial charge in [0.2, 0.25) is 10.0 Å².